The Morgan fingerprint density at radius 2 is 2.11 bits per heavy atom. The highest BCUT2D eigenvalue weighted by atomic mass is 32.2. The summed E-state index contributed by atoms with van der Waals surface area (Å²) in [6.45, 7) is 3.88. The largest absolute Gasteiger partial charge is 0.609 e. The number of aliphatic carboxylic acids is 1. The normalized spacial score (nSPS) is 11.8. The molecule has 0 saturated carbocycles. The molecule has 1 atom stereocenters. The van der Waals surface area contributed by atoms with E-state index in [1.807, 2.05) is 25.1 Å². The quantitative estimate of drug-likeness (QED) is 0.450. The Labute approximate surface area is 171 Å². The van der Waals surface area contributed by atoms with Crippen LogP contribution in [0, 0.1) is 6.92 Å². The van der Waals surface area contributed by atoms with E-state index < -0.39 is 17.1 Å². The van der Waals surface area contributed by atoms with Gasteiger partial charge in [0, 0.05) is 16.7 Å². The molecule has 1 heterocycles. The molecule has 6 nitrogen and oxygen atoms in total. The van der Waals surface area contributed by atoms with Gasteiger partial charge < -0.3 is 14.4 Å². The molecule has 0 aliphatic rings. The topological polar surface area (TPSA) is 95.4 Å². The minimum absolute atomic E-state index is 0.0702. The molecule has 0 saturated heterocycles. The monoisotopic (exact) mass is 414 g/mol. The molecule has 0 amide bonds. The molecule has 9 heteroatoms. The lowest BCUT2D eigenvalue weighted by molar-refractivity contribution is -0.136. The third-order valence-corrected chi connectivity index (χ3v) is 6.49. The molecule has 1 aromatic heterocycles. The first-order valence-electron chi connectivity index (χ1n) is 8.73. The highest BCUT2D eigenvalue weighted by Gasteiger charge is 2.20. The van der Waals surface area contributed by atoms with Gasteiger partial charge in [0.1, 0.15) is 22.3 Å². The number of carboxylic acids is 1. The summed E-state index contributed by atoms with van der Waals surface area (Å²) in [5.74, 6) is 0.515. The van der Waals surface area contributed by atoms with Crippen LogP contribution in [0.15, 0.2) is 46.8 Å². The van der Waals surface area contributed by atoms with E-state index in [0.29, 0.717) is 21.4 Å². The number of hydrogen-bond acceptors (Lipinski definition) is 6. The van der Waals surface area contributed by atoms with Gasteiger partial charge in [-0.3, -0.25) is 4.79 Å². The zero-order valence-corrected chi connectivity index (χ0v) is 17.2. The minimum Gasteiger partial charge on any atom is -0.609 e. The summed E-state index contributed by atoms with van der Waals surface area (Å²) in [6, 6.07) is 12.8. The zero-order valence-electron chi connectivity index (χ0n) is 15.5. The number of carbonyl (C=O) groups is 1. The molecular weight excluding hydrogens is 395 g/mol. The van der Waals surface area contributed by atoms with Crippen molar-refractivity contribution < 1.29 is 19.2 Å². The Morgan fingerprint density at radius 1 is 1.29 bits per heavy atom. The lowest BCUT2D eigenvalue weighted by Crippen LogP contribution is -2.14. The summed E-state index contributed by atoms with van der Waals surface area (Å²) in [4.78, 5) is 10.9. The van der Waals surface area contributed by atoms with E-state index in [1.165, 1.54) is 11.3 Å². The van der Waals surface area contributed by atoms with Gasteiger partial charge >= 0.3 is 10.3 Å². The van der Waals surface area contributed by atoms with Crippen LogP contribution < -0.4 is 10.2 Å². The Morgan fingerprint density at radius 3 is 2.79 bits per heavy atom. The molecule has 0 aliphatic heterocycles. The third-order valence-electron chi connectivity index (χ3n) is 4.00. The van der Waals surface area contributed by atoms with Crippen LogP contribution in [0.1, 0.15) is 16.1 Å². The predicted octanol–water partition coefficient (Wildman–Crippen LogP) is 2.68. The lowest BCUT2D eigenvalue weighted by Gasteiger charge is -2.14. The standard InChI is InChI=1S/C19H19BN2O4S2/c1-12-21-22-19(27-12)28(25)11-14-10-15(20-2)6-7-17(14)26-16-5-3-4-13(8-16)9-18(23)24/h3-8,10,20H,9,11H2,1-2H3,(H,23,24). The number of aromatic nitrogens is 2. The number of nitrogens with zero attached hydrogens (tertiary/aromatic N) is 2. The number of ether oxygens (including phenoxy) is 1. The fraction of sp³-hybridized carbons (Fsp3) is 0.211. The highest BCUT2D eigenvalue weighted by molar-refractivity contribution is 7.92. The van der Waals surface area contributed by atoms with Crippen molar-refractivity contribution in [2.75, 3.05) is 0 Å². The van der Waals surface area contributed by atoms with Crippen molar-refractivity contribution >= 4 is 41.2 Å². The predicted molar refractivity (Wildman–Crippen MR) is 112 cm³/mol. The summed E-state index contributed by atoms with van der Waals surface area (Å²) in [5, 5.41) is 17.7. The first-order valence-corrected chi connectivity index (χ1v) is 10.9. The van der Waals surface area contributed by atoms with Crippen molar-refractivity contribution in [1.82, 2.24) is 10.2 Å². The smallest absolute Gasteiger partial charge is 0.322 e. The van der Waals surface area contributed by atoms with E-state index in [2.05, 4.69) is 17.0 Å². The van der Waals surface area contributed by atoms with Gasteiger partial charge in [0.15, 0.2) is 7.28 Å². The number of hydrogen-bond donors (Lipinski definition) is 1. The van der Waals surface area contributed by atoms with Gasteiger partial charge in [0.2, 0.25) is 0 Å². The first kappa shape index (κ1) is 20.4. The molecule has 28 heavy (non-hydrogen) atoms. The molecule has 2 aromatic carbocycles. The van der Waals surface area contributed by atoms with Crippen molar-refractivity contribution in [3.8, 4) is 11.5 Å². The lowest BCUT2D eigenvalue weighted by atomic mass is 9.73. The number of carboxylic acid groups (broad SMARTS) is 1. The molecule has 0 bridgehead atoms. The van der Waals surface area contributed by atoms with Gasteiger partial charge in [-0.1, -0.05) is 41.7 Å². The Hall–Kier alpha value is -2.36. The Bertz CT molecular complexity index is 980. The van der Waals surface area contributed by atoms with Crippen molar-refractivity contribution in [3.63, 3.8) is 0 Å². The molecule has 0 aliphatic carbocycles. The van der Waals surface area contributed by atoms with E-state index in [0.717, 1.165) is 23.3 Å². The second-order valence-corrected chi connectivity index (χ2v) is 9.00. The summed E-state index contributed by atoms with van der Waals surface area (Å²) in [7, 11) is 0.853. The maximum atomic E-state index is 12.7. The van der Waals surface area contributed by atoms with Gasteiger partial charge in [-0.25, -0.2) is 0 Å². The van der Waals surface area contributed by atoms with Gasteiger partial charge in [0.25, 0.3) is 0 Å². The Balaban J connectivity index is 1.85. The van der Waals surface area contributed by atoms with E-state index >= 15 is 0 Å². The summed E-state index contributed by atoms with van der Waals surface area (Å²) < 4.78 is 19.2. The first-order chi connectivity index (χ1) is 13.4. The summed E-state index contributed by atoms with van der Waals surface area (Å²) in [6.07, 6.45) is -0.0702. The Kier molecular flexibility index (Phi) is 6.72. The maximum Gasteiger partial charge on any atom is 0.322 e. The van der Waals surface area contributed by atoms with Gasteiger partial charge in [0.05, 0.1) is 6.42 Å². The van der Waals surface area contributed by atoms with Crippen LogP contribution in [-0.2, 0) is 28.1 Å². The molecule has 1 unspecified atom stereocenters. The van der Waals surface area contributed by atoms with Crippen molar-refractivity contribution in [1.29, 1.82) is 0 Å². The molecule has 0 spiro atoms. The van der Waals surface area contributed by atoms with Crippen molar-refractivity contribution in [2.45, 2.75) is 30.3 Å². The van der Waals surface area contributed by atoms with Crippen molar-refractivity contribution in [2.24, 2.45) is 0 Å². The van der Waals surface area contributed by atoms with Crippen LogP contribution in [0.25, 0.3) is 0 Å². The number of benzene rings is 2. The van der Waals surface area contributed by atoms with E-state index in [4.69, 9.17) is 9.84 Å². The summed E-state index contributed by atoms with van der Waals surface area (Å²) in [5.41, 5.74) is 2.59. The van der Waals surface area contributed by atoms with Crippen LogP contribution in [0.5, 0.6) is 11.5 Å². The molecule has 3 rings (SSSR count). The minimum atomic E-state index is -1.32. The zero-order chi connectivity index (χ0) is 20.1. The van der Waals surface area contributed by atoms with Gasteiger partial charge in [-0.2, -0.15) is 0 Å². The molecule has 144 valence electrons. The van der Waals surface area contributed by atoms with Gasteiger partial charge in [-0.05, 0) is 42.0 Å². The molecular formula is C19H19BN2O4S2. The van der Waals surface area contributed by atoms with Crippen LogP contribution in [0.3, 0.4) is 0 Å². The molecule has 1 N–H and O–H groups in total. The van der Waals surface area contributed by atoms with Crippen LogP contribution in [0.2, 0.25) is 6.82 Å². The number of aryl methyl sites for hydroxylation is 1. The van der Waals surface area contributed by atoms with E-state index in [9.17, 15) is 9.35 Å². The second kappa shape index (κ2) is 9.23. The molecule has 0 radical (unpaired) electrons. The second-order valence-electron chi connectivity index (χ2n) is 6.19. The number of rotatable bonds is 8. The fourth-order valence-electron chi connectivity index (χ4n) is 2.66. The fourth-order valence-corrected chi connectivity index (χ4v) is 4.75. The maximum absolute atomic E-state index is 12.7. The highest BCUT2D eigenvalue weighted by Crippen LogP contribution is 2.29. The third kappa shape index (κ3) is 5.34. The van der Waals surface area contributed by atoms with Crippen molar-refractivity contribution in [3.05, 3.63) is 58.6 Å². The van der Waals surface area contributed by atoms with Crippen LogP contribution in [-0.4, -0.2) is 33.1 Å². The van der Waals surface area contributed by atoms with Crippen LogP contribution >= 0.6 is 11.3 Å². The SMILES string of the molecule is CBc1ccc(Oc2cccc(CC(=O)O)c2)c(C[S+]([O-])c2nnc(C)s2)c1. The van der Waals surface area contributed by atoms with Gasteiger partial charge in [-0.15, -0.1) is 5.10 Å². The van der Waals surface area contributed by atoms with Crippen LogP contribution in [0.4, 0.5) is 0 Å². The van der Waals surface area contributed by atoms with E-state index in [1.54, 1.807) is 24.3 Å². The van der Waals surface area contributed by atoms with E-state index in [-0.39, 0.29) is 12.2 Å². The molecule has 0 fully saturated rings. The average molecular weight is 414 g/mol. The average Bonchev–Trinajstić information content (AvgIpc) is 3.09. The summed E-state index contributed by atoms with van der Waals surface area (Å²) >= 11 is 0.00663. The molecule has 3 aromatic rings.